The van der Waals surface area contributed by atoms with E-state index in [0.29, 0.717) is 57.1 Å². The van der Waals surface area contributed by atoms with Crippen molar-refractivity contribution in [3.63, 3.8) is 0 Å². The van der Waals surface area contributed by atoms with Gasteiger partial charge in [0.1, 0.15) is 0 Å². The van der Waals surface area contributed by atoms with Crippen molar-refractivity contribution < 1.29 is 22.7 Å². The number of hydrogen-bond donors (Lipinski definition) is 0. The molecular weight excluding hydrogens is 445 g/mol. The number of benzene rings is 1. The van der Waals surface area contributed by atoms with Crippen LogP contribution in [-0.2, 0) is 10.9 Å². The summed E-state index contributed by atoms with van der Waals surface area (Å²) in [7, 11) is 0. The number of anilines is 1. The van der Waals surface area contributed by atoms with Gasteiger partial charge in [-0.2, -0.15) is 18.4 Å². The molecule has 3 heterocycles. The minimum atomic E-state index is -4.61. The van der Waals surface area contributed by atoms with Crippen molar-refractivity contribution in [3.05, 3.63) is 58.9 Å². The second-order valence-corrected chi connectivity index (χ2v) is 9.11. The molecule has 9 heteroatoms. The van der Waals surface area contributed by atoms with Crippen molar-refractivity contribution in [2.45, 2.75) is 26.4 Å². The van der Waals surface area contributed by atoms with Crippen LogP contribution in [-0.4, -0.2) is 55.2 Å². The zero-order chi connectivity index (χ0) is 24.5. The summed E-state index contributed by atoms with van der Waals surface area (Å²) in [5.74, 6) is -0.0366. The Morgan fingerprint density at radius 2 is 2.12 bits per heavy atom. The van der Waals surface area contributed by atoms with E-state index in [0.717, 1.165) is 11.6 Å². The Hall–Kier alpha value is -3.12. The first kappa shape index (κ1) is 24.0. The molecule has 0 N–H and O–H groups in total. The summed E-state index contributed by atoms with van der Waals surface area (Å²) >= 11 is 0. The third-order valence-electron chi connectivity index (χ3n) is 7.08. The number of ether oxygens (including phenoxy) is 1. The number of rotatable bonds is 5. The minimum Gasteiger partial charge on any atom is -0.381 e. The molecule has 0 aliphatic carbocycles. The Kier molecular flexibility index (Phi) is 6.54. The van der Waals surface area contributed by atoms with Crippen molar-refractivity contribution in [3.8, 4) is 6.07 Å². The third kappa shape index (κ3) is 4.47. The van der Waals surface area contributed by atoms with Crippen LogP contribution in [0.15, 0.2) is 36.7 Å². The predicted octanol–water partition coefficient (Wildman–Crippen LogP) is 4.29. The summed E-state index contributed by atoms with van der Waals surface area (Å²) in [6.45, 7) is 6.91. The average Bonchev–Trinajstić information content (AvgIpc) is 3.20. The molecule has 1 aromatic carbocycles. The standard InChI is InChI=1S/C25H27F3N4O2/c1-3-34-16-24-7-9-31(23(33)21-12-30-8-6-17(21)2)13-19(24)14-32(15-24)20-5-4-18(11-29)22(10-20)25(26,27)28/h4-6,8,10,12,19H,3,7,9,13-16H2,1-2H3/t19-,24+/m1/s1. The van der Waals surface area contributed by atoms with E-state index in [-0.39, 0.29) is 22.8 Å². The Labute approximate surface area is 196 Å². The Bertz CT molecular complexity index is 1110. The number of halogens is 3. The molecule has 0 saturated carbocycles. The number of fused-ring (bicyclic) bond motifs is 1. The van der Waals surface area contributed by atoms with E-state index in [1.54, 1.807) is 30.6 Å². The zero-order valence-corrected chi connectivity index (χ0v) is 19.2. The van der Waals surface area contributed by atoms with Crippen molar-refractivity contribution >= 4 is 11.6 Å². The lowest BCUT2D eigenvalue weighted by molar-refractivity contribution is -0.137. The molecule has 34 heavy (non-hydrogen) atoms. The van der Waals surface area contributed by atoms with E-state index < -0.39 is 11.7 Å². The van der Waals surface area contributed by atoms with E-state index in [1.165, 1.54) is 6.07 Å². The van der Waals surface area contributed by atoms with E-state index in [9.17, 15) is 18.0 Å². The molecule has 2 aliphatic heterocycles. The van der Waals surface area contributed by atoms with Gasteiger partial charge in [-0.3, -0.25) is 9.78 Å². The van der Waals surface area contributed by atoms with Crippen LogP contribution < -0.4 is 4.90 Å². The lowest BCUT2D eigenvalue weighted by Gasteiger charge is -2.43. The topological polar surface area (TPSA) is 69.5 Å². The molecule has 1 amide bonds. The van der Waals surface area contributed by atoms with Crippen molar-refractivity contribution in [2.24, 2.45) is 11.3 Å². The SMILES string of the molecule is CCOC[C@@]12CCN(C(=O)c3cnccc3C)C[C@@H]1CN(c1ccc(C#N)c(C(F)(F)F)c1)C2. The van der Waals surface area contributed by atoms with Gasteiger partial charge in [0.2, 0.25) is 0 Å². The van der Waals surface area contributed by atoms with Crippen LogP contribution >= 0.6 is 0 Å². The molecule has 180 valence electrons. The summed E-state index contributed by atoms with van der Waals surface area (Å²) in [6.07, 6.45) is -0.684. The number of pyridine rings is 1. The van der Waals surface area contributed by atoms with Crippen LogP contribution in [0, 0.1) is 29.6 Å². The Balaban J connectivity index is 1.61. The Morgan fingerprint density at radius 1 is 1.32 bits per heavy atom. The van der Waals surface area contributed by atoms with Gasteiger partial charge < -0.3 is 14.5 Å². The fraction of sp³-hybridized carbons (Fsp3) is 0.480. The highest BCUT2D eigenvalue weighted by atomic mass is 19.4. The van der Waals surface area contributed by atoms with Crippen LogP contribution in [0.25, 0.3) is 0 Å². The highest BCUT2D eigenvalue weighted by Crippen LogP contribution is 2.46. The molecule has 2 aromatic rings. The summed E-state index contributed by atoms with van der Waals surface area (Å²) in [6, 6.07) is 7.30. The molecule has 2 fully saturated rings. The summed E-state index contributed by atoms with van der Waals surface area (Å²) < 4.78 is 46.4. The number of carbonyl (C=O) groups is 1. The van der Waals surface area contributed by atoms with Gasteiger partial charge in [0.25, 0.3) is 5.91 Å². The first-order chi connectivity index (χ1) is 16.2. The third-order valence-corrected chi connectivity index (χ3v) is 7.08. The van der Waals surface area contributed by atoms with Gasteiger partial charge in [-0.25, -0.2) is 0 Å². The van der Waals surface area contributed by atoms with Gasteiger partial charge in [-0.05, 0) is 50.1 Å². The molecule has 0 spiro atoms. The molecule has 2 atom stereocenters. The molecule has 0 radical (unpaired) electrons. The quantitative estimate of drug-likeness (QED) is 0.650. The van der Waals surface area contributed by atoms with Crippen LogP contribution in [0.1, 0.15) is 40.4 Å². The first-order valence-electron chi connectivity index (χ1n) is 11.3. The van der Waals surface area contributed by atoms with Gasteiger partial charge in [-0.1, -0.05) is 0 Å². The predicted molar refractivity (Wildman–Crippen MR) is 120 cm³/mol. The maximum Gasteiger partial charge on any atom is 0.417 e. The molecule has 6 nitrogen and oxygen atoms in total. The monoisotopic (exact) mass is 472 g/mol. The highest BCUT2D eigenvalue weighted by molar-refractivity contribution is 5.95. The smallest absolute Gasteiger partial charge is 0.381 e. The van der Waals surface area contributed by atoms with E-state index in [1.807, 2.05) is 23.6 Å². The van der Waals surface area contributed by atoms with E-state index >= 15 is 0 Å². The number of piperidine rings is 1. The number of aryl methyl sites for hydroxylation is 1. The van der Waals surface area contributed by atoms with Crippen LogP contribution in [0.4, 0.5) is 18.9 Å². The number of hydrogen-bond acceptors (Lipinski definition) is 5. The maximum absolute atomic E-state index is 13.5. The number of carbonyl (C=O) groups excluding carboxylic acids is 1. The lowest BCUT2D eigenvalue weighted by atomic mass is 9.73. The zero-order valence-electron chi connectivity index (χ0n) is 19.2. The molecule has 0 unspecified atom stereocenters. The number of nitrogens with zero attached hydrogens (tertiary/aromatic N) is 4. The number of alkyl halides is 3. The molecule has 2 aliphatic rings. The maximum atomic E-state index is 13.5. The van der Waals surface area contributed by atoms with Gasteiger partial charge in [0.15, 0.2) is 0 Å². The van der Waals surface area contributed by atoms with Gasteiger partial charge in [-0.15, -0.1) is 0 Å². The van der Waals surface area contributed by atoms with Crippen LogP contribution in [0.5, 0.6) is 0 Å². The van der Waals surface area contributed by atoms with Crippen LogP contribution in [0.3, 0.4) is 0 Å². The summed E-state index contributed by atoms with van der Waals surface area (Å²) in [4.78, 5) is 21.0. The normalized spacial score (nSPS) is 22.4. The number of amides is 1. The summed E-state index contributed by atoms with van der Waals surface area (Å²) in [5, 5.41) is 9.12. The second kappa shape index (κ2) is 9.26. The summed E-state index contributed by atoms with van der Waals surface area (Å²) in [5.41, 5.74) is 0.277. The van der Waals surface area contributed by atoms with Crippen molar-refractivity contribution in [1.29, 1.82) is 5.26 Å². The Morgan fingerprint density at radius 3 is 2.79 bits per heavy atom. The van der Waals surface area contributed by atoms with E-state index in [4.69, 9.17) is 10.00 Å². The minimum absolute atomic E-state index is 0.0405. The number of aromatic nitrogens is 1. The molecule has 4 rings (SSSR count). The molecule has 2 saturated heterocycles. The second-order valence-electron chi connectivity index (χ2n) is 9.11. The molecular formula is C25H27F3N4O2. The molecule has 1 aromatic heterocycles. The largest absolute Gasteiger partial charge is 0.417 e. The fourth-order valence-corrected chi connectivity index (χ4v) is 5.12. The van der Waals surface area contributed by atoms with Gasteiger partial charge in [0.05, 0.1) is 29.4 Å². The van der Waals surface area contributed by atoms with Gasteiger partial charge in [0, 0.05) is 62.2 Å². The number of likely N-dealkylation sites (tertiary alicyclic amines) is 1. The van der Waals surface area contributed by atoms with Crippen molar-refractivity contribution in [2.75, 3.05) is 44.3 Å². The van der Waals surface area contributed by atoms with Crippen molar-refractivity contribution in [1.82, 2.24) is 9.88 Å². The lowest BCUT2D eigenvalue weighted by Crippen LogP contribution is -2.51. The van der Waals surface area contributed by atoms with Gasteiger partial charge >= 0.3 is 6.18 Å². The molecule has 0 bridgehead atoms. The van der Waals surface area contributed by atoms with E-state index in [2.05, 4.69) is 4.98 Å². The highest BCUT2D eigenvalue weighted by Gasteiger charge is 2.50. The fourth-order valence-electron chi connectivity index (χ4n) is 5.12. The average molecular weight is 473 g/mol. The van der Waals surface area contributed by atoms with Crippen LogP contribution in [0.2, 0.25) is 0 Å². The number of nitriles is 1. The first-order valence-corrected chi connectivity index (χ1v) is 11.3.